The number of hydrogen-bond acceptors (Lipinski definition) is 4. The van der Waals surface area contributed by atoms with Crippen molar-refractivity contribution in [3.8, 4) is 0 Å². The van der Waals surface area contributed by atoms with E-state index >= 15 is 0 Å². The molecule has 7 heteroatoms. The second-order valence-electron chi connectivity index (χ2n) is 5.50. The van der Waals surface area contributed by atoms with E-state index in [9.17, 15) is 9.59 Å². The Hall–Kier alpha value is -1.34. The second kappa shape index (κ2) is 9.55. The maximum absolute atomic E-state index is 12.1. The van der Waals surface area contributed by atoms with Crippen molar-refractivity contribution in [1.29, 1.82) is 0 Å². The Balaban J connectivity index is 4.61. The number of amides is 2. The predicted molar refractivity (Wildman–Crippen MR) is 76.6 cm³/mol. The van der Waals surface area contributed by atoms with Crippen molar-refractivity contribution in [2.45, 2.75) is 26.3 Å². The van der Waals surface area contributed by atoms with Crippen LogP contribution in [0.2, 0.25) is 0 Å². The third-order valence-electron chi connectivity index (χ3n) is 2.70. The Labute approximate surface area is 120 Å². The van der Waals surface area contributed by atoms with E-state index in [1.54, 1.807) is 4.90 Å². The number of carboxylic acids is 1. The molecule has 0 aliphatic carbocycles. The van der Waals surface area contributed by atoms with Crippen LogP contribution < -0.4 is 5.32 Å². The first-order valence-electron chi connectivity index (χ1n) is 6.81. The number of urea groups is 1. The van der Waals surface area contributed by atoms with Crippen molar-refractivity contribution in [3.05, 3.63) is 0 Å². The average Bonchev–Trinajstić information content (AvgIpc) is 2.32. The van der Waals surface area contributed by atoms with Gasteiger partial charge in [0.15, 0.2) is 0 Å². The first-order valence-corrected chi connectivity index (χ1v) is 6.81. The van der Waals surface area contributed by atoms with E-state index in [1.165, 1.54) is 0 Å². The zero-order valence-corrected chi connectivity index (χ0v) is 12.8. The summed E-state index contributed by atoms with van der Waals surface area (Å²) in [6.45, 7) is 5.52. The Morgan fingerprint density at radius 3 is 2.20 bits per heavy atom. The summed E-state index contributed by atoms with van der Waals surface area (Å²) in [6, 6.07) is -1.46. The first kappa shape index (κ1) is 18.7. The number of carbonyl (C=O) groups is 2. The van der Waals surface area contributed by atoms with Gasteiger partial charge in [-0.1, -0.05) is 13.8 Å². The SMILES string of the molecule is CC(C)CN(CCN(C)C)C(=O)N[C@@H](CCO)C(=O)O. The highest BCUT2D eigenvalue weighted by Gasteiger charge is 2.23. The predicted octanol–water partition coefficient (Wildman–Crippen LogP) is 0.0512. The van der Waals surface area contributed by atoms with E-state index in [4.69, 9.17) is 10.2 Å². The highest BCUT2D eigenvalue weighted by molar-refractivity contribution is 5.82. The number of aliphatic hydroxyl groups excluding tert-OH is 1. The number of carboxylic acid groups (broad SMARTS) is 1. The number of rotatable bonds is 9. The molecule has 3 N–H and O–H groups in total. The van der Waals surface area contributed by atoms with Crippen LogP contribution in [0.3, 0.4) is 0 Å². The number of likely N-dealkylation sites (N-methyl/N-ethyl adjacent to an activating group) is 1. The maximum Gasteiger partial charge on any atom is 0.326 e. The van der Waals surface area contributed by atoms with Gasteiger partial charge in [-0.15, -0.1) is 0 Å². The third-order valence-corrected chi connectivity index (χ3v) is 2.70. The molecule has 0 unspecified atom stereocenters. The minimum Gasteiger partial charge on any atom is -0.480 e. The van der Waals surface area contributed by atoms with Gasteiger partial charge in [0.25, 0.3) is 0 Å². The Kier molecular flexibility index (Phi) is 8.91. The highest BCUT2D eigenvalue weighted by atomic mass is 16.4. The largest absolute Gasteiger partial charge is 0.480 e. The van der Waals surface area contributed by atoms with E-state index in [1.807, 2.05) is 32.8 Å². The summed E-state index contributed by atoms with van der Waals surface area (Å²) >= 11 is 0. The molecule has 20 heavy (non-hydrogen) atoms. The molecule has 0 aromatic rings. The highest BCUT2D eigenvalue weighted by Crippen LogP contribution is 2.01. The van der Waals surface area contributed by atoms with Crippen LogP contribution >= 0.6 is 0 Å². The first-order chi connectivity index (χ1) is 9.27. The van der Waals surface area contributed by atoms with Gasteiger partial charge in [-0.05, 0) is 20.0 Å². The van der Waals surface area contributed by atoms with Crippen molar-refractivity contribution in [2.24, 2.45) is 5.92 Å². The Morgan fingerprint density at radius 2 is 1.80 bits per heavy atom. The van der Waals surface area contributed by atoms with Crippen molar-refractivity contribution in [3.63, 3.8) is 0 Å². The topological polar surface area (TPSA) is 93.1 Å². The lowest BCUT2D eigenvalue weighted by Gasteiger charge is -2.27. The fraction of sp³-hybridized carbons (Fsp3) is 0.846. The molecule has 0 radical (unpaired) electrons. The summed E-state index contributed by atoms with van der Waals surface area (Å²) in [4.78, 5) is 26.7. The number of nitrogens with zero attached hydrogens (tertiary/aromatic N) is 2. The molecule has 0 aliphatic rings. The molecule has 0 aromatic carbocycles. The number of nitrogens with one attached hydrogen (secondary N) is 1. The molecule has 2 amide bonds. The minimum atomic E-state index is -1.13. The number of aliphatic carboxylic acids is 1. The van der Waals surface area contributed by atoms with Gasteiger partial charge >= 0.3 is 12.0 Å². The van der Waals surface area contributed by atoms with Gasteiger partial charge in [-0.2, -0.15) is 0 Å². The molecule has 7 nitrogen and oxygen atoms in total. The summed E-state index contributed by atoms with van der Waals surface area (Å²) in [5, 5.41) is 20.3. The van der Waals surface area contributed by atoms with Gasteiger partial charge in [0.2, 0.25) is 0 Å². The summed E-state index contributed by atoms with van der Waals surface area (Å²) in [6.07, 6.45) is 0.00424. The molecule has 0 aromatic heterocycles. The molecule has 0 heterocycles. The molecule has 0 saturated carbocycles. The lowest BCUT2D eigenvalue weighted by atomic mass is 10.2. The molecular formula is C13H27N3O4. The molecule has 0 fully saturated rings. The Bertz CT molecular complexity index is 308. The smallest absolute Gasteiger partial charge is 0.326 e. The van der Waals surface area contributed by atoms with E-state index in [0.717, 1.165) is 0 Å². The summed E-state index contributed by atoms with van der Waals surface area (Å²) in [7, 11) is 3.83. The van der Waals surface area contributed by atoms with Crippen LogP contribution in [-0.4, -0.2) is 78.4 Å². The zero-order chi connectivity index (χ0) is 15.7. The maximum atomic E-state index is 12.1. The van der Waals surface area contributed by atoms with Crippen LogP contribution in [0.25, 0.3) is 0 Å². The van der Waals surface area contributed by atoms with Crippen LogP contribution in [-0.2, 0) is 4.79 Å². The third kappa shape index (κ3) is 7.96. The molecule has 0 spiro atoms. The molecule has 0 rings (SSSR count). The van der Waals surface area contributed by atoms with Gasteiger partial charge in [-0.25, -0.2) is 9.59 Å². The minimum absolute atomic E-state index is 0.00424. The quantitative estimate of drug-likeness (QED) is 0.558. The van der Waals surface area contributed by atoms with Crippen molar-refractivity contribution < 1.29 is 19.8 Å². The number of carbonyl (C=O) groups excluding carboxylic acids is 1. The van der Waals surface area contributed by atoms with E-state index < -0.39 is 18.0 Å². The summed E-state index contributed by atoms with van der Waals surface area (Å²) in [5.74, 6) is -0.839. The molecule has 0 bridgehead atoms. The van der Waals surface area contributed by atoms with Crippen molar-refractivity contribution >= 4 is 12.0 Å². The van der Waals surface area contributed by atoms with Crippen LogP contribution in [0.5, 0.6) is 0 Å². The molecule has 118 valence electrons. The number of aliphatic hydroxyl groups is 1. The zero-order valence-electron chi connectivity index (χ0n) is 12.8. The molecule has 1 atom stereocenters. The average molecular weight is 289 g/mol. The fourth-order valence-electron chi connectivity index (χ4n) is 1.66. The van der Waals surface area contributed by atoms with Crippen LogP contribution in [0.15, 0.2) is 0 Å². The number of hydrogen-bond donors (Lipinski definition) is 3. The lowest BCUT2D eigenvalue weighted by Crippen LogP contribution is -2.50. The van der Waals surface area contributed by atoms with Gasteiger partial charge in [-0.3, -0.25) is 0 Å². The van der Waals surface area contributed by atoms with Crippen molar-refractivity contribution in [2.75, 3.05) is 40.3 Å². The monoisotopic (exact) mass is 289 g/mol. The van der Waals surface area contributed by atoms with Crippen LogP contribution in [0, 0.1) is 5.92 Å². The van der Waals surface area contributed by atoms with E-state index in [-0.39, 0.29) is 13.0 Å². The molecule has 0 aliphatic heterocycles. The van der Waals surface area contributed by atoms with Crippen molar-refractivity contribution in [1.82, 2.24) is 15.1 Å². The lowest BCUT2D eigenvalue weighted by molar-refractivity contribution is -0.139. The Morgan fingerprint density at radius 1 is 1.20 bits per heavy atom. The normalized spacial score (nSPS) is 12.6. The molecular weight excluding hydrogens is 262 g/mol. The fourth-order valence-corrected chi connectivity index (χ4v) is 1.66. The molecule has 0 saturated heterocycles. The van der Waals surface area contributed by atoms with Crippen LogP contribution in [0.1, 0.15) is 20.3 Å². The van der Waals surface area contributed by atoms with E-state index in [0.29, 0.717) is 25.6 Å². The van der Waals surface area contributed by atoms with Gasteiger partial charge in [0.1, 0.15) is 6.04 Å². The standard InChI is InChI=1S/C13H27N3O4/c1-10(2)9-16(7-6-15(3)4)13(20)14-11(5-8-17)12(18)19/h10-11,17H,5-9H2,1-4H3,(H,14,20)(H,18,19)/t11-/m0/s1. The second-order valence-corrected chi connectivity index (χ2v) is 5.50. The summed E-state index contributed by atoms with van der Waals surface area (Å²) < 4.78 is 0. The van der Waals surface area contributed by atoms with Gasteiger partial charge in [0.05, 0.1) is 0 Å². The summed E-state index contributed by atoms with van der Waals surface area (Å²) in [5.41, 5.74) is 0. The van der Waals surface area contributed by atoms with Gasteiger partial charge < -0.3 is 25.3 Å². The van der Waals surface area contributed by atoms with Gasteiger partial charge in [0, 0.05) is 32.7 Å². The van der Waals surface area contributed by atoms with Crippen LogP contribution in [0.4, 0.5) is 4.79 Å². The van der Waals surface area contributed by atoms with E-state index in [2.05, 4.69) is 5.32 Å².